The fourth-order valence-corrected chi connectivity index (χ4v) is 0.953. The van der Waals surface area contributed by atoms with Gasteiger partial charge in [-0.1, -0.05) is 26.5 Å². The van der Waals surface area contributed by atoms with E-state index in [0.717, 1.165) is 5.56 Å². The van der Waals surface area contributed by atoms with Crippen LogP contribution >= 0.6 is 0 Å². The van der Waals surface area contributed by atoms with E-state index in [9.17, 15) is 0 Å². The van der Waals surface area contributed by atoms with Crippen LogP contribution in [0.2, 0.25) is 0 Å². The molecule has 0 saturated heterocycles. The molecule has 0 aliphatic rings. The average molecular weight is 146 g/mol. The van der Waals surface area contributed by atoms with Crippen LogP contribution in [-0.2, 0) is 0 Å². The van der Waals surface area contributed by atoms with Gasteiger partial charge in [0.15, 0.2) is 0 Å². The number of pyridine rings is 1. The molecule has 2 heteroatoms. The number of hydrogen-bond acceptors (Lipinski definition) is 1. The van der Waals surface area contributed by atoms with Gasteiger partial charge in [0.2, 0.25) is 0 Å². The Hall–Kier alpha value is -1.36. The summed E-state index contributed by atoms with van der Waals surface area (Å²) in [4.78, 5) is 7.29. The molecule has 0 unspecified atom stereocenters. The van der Waals surface area contributed by atoms with Crippen LogP contribution in [0.5, 0.6) is 0 Å². The van der Waals surface area contributed by atoms with E-state index in [0.29, 0.717) is 11.7 Å². The van der Waals surface area contributed by atoms with Crippen LogP contribution in [0.1, 0.15) is 25.3 Å². The van der Waals surface area contributed by atoms with E-state index >= 15 is 0 Å². The first kappa shape index (κ1) is 7.74. The molecule has 0 atom stereocenters. The van der Waals surface area contributed by atoms with Crippen LogP contribution in [0.4, 0.5) is 5.82 Å². The van der Waals surface area contributed by atoms with Gasteiger partial charge in [0.05, 0.1) is 0 Å². The molecule has 0 aliphatic heterocycles. The van der Waals surface area contributed by atoms with E-state index in [1.165, 1.54) is 0 Å². The van der Waals surface area contributed by atoms with Crippen molar-refractivity contribution in [2.45, 2.75) is 19.8 Å². The summed E-state index contributed by atoms with van der Waals surface area (Å²) in [6.07, 6.45) is 1.65. The Morgan fingerprint density at radius 2 is 2.27 bits per heavy atom. The molecule has 0 fully saturated rings. The maximum atomic E-state index is 6.84. The monoisotopic (exact) mass is 146 g/mol. The summed E-state index contributed by atoms with van der Waals surface area (Å²) in [7, 11) is 0. The maximum absolute atomic E-state index is 6.84. The van der Waals surface area contributed by atoms with Gasteiger partial charge in [0, 0.05) is 0 Å². The van der Waals surface area contributed by atoms with Crippen molar-refractivity contribution in [2.75, 3.05) is 0 Å². The summed E-state index contributed by atoms with van der Waals surface area (Å²) in [6, 6.07) is 3.81. The molecule has 0 aromatic carbocycles. The van der Waals surface area contributed by atoms with E-state index in [1.54, 1.807) is 6.20 Å². The number of hydrogen-bond donors (Lipinski definition) is 0. The van der Waals surface area contributed by atoms with E-state index in [-0.39, 0.29) is 0 Å². The summed E-state index contributed by atoms with van der Waals surface area (Å²) in [6.45, 7) is 11.0. The van der Waals surface area contributed by atoms with Gasteiger partial charge in [0.25, 0.3) is 5.82 Å². The normalized spacial score (nSPS) is 9.64. The third-order valence-corrected chi connectivity index (χ3v) is 1.54. The highest BCUT2D eigenvalue weighted by molar-refractivity contribution is 5.46. The van der Waals surface area contributed by atoms with Gasteiger partial charge in [-0.3, -0.25) is 0 Å². The minimum Gasteiger partial charge on any atom is -0.360 e. The first-order chi connectivity index (χ1) is 5.25. The molecular weight excluding hydrogens is 136 g/mol. The lowest BCUT2D eigenvalue weighted by Crippen LogP contribution is -1.87. The minimum absolute atomic E-state index is 0.382. The van der Waals surface area contributed by atoms with Crippen molar-refractivity contribution in [3.8, 4) is 0 Å². The quantitative estimate of drug-likeness (QED) is 0.557. The molecule has 11 heavy (non-hydrogen) atoms. The van der Waals surface area contributed by atoms with Crippen LogP contribution in [0.15, 0.2) is 18.3 Å². The first-order valence-electron chi connectivity index (χ1n) is 3.58. The lowest BCUT2D eigenvalue weighted by Gasteiger charge is -2.04. The van der Waals surface area contributed by atoms with Crippen molar-refractivity contribution in [1.82, 2.24) is 4.98 Å². The SMILES string of the molecule is [C-]#[N+]c1ncccc1C(C)C. The molecule has 0 amide bonds. The highest BCUT2D eigenvalue weighted by Gasteiger charge is 2.05. The Morgan fingerprint density at radius 3 is 2.73 bits per heavy atom. The maximum Gasteiger partial charge on any atom is 0.272 e. The second kappa shape index (κ2) is 3.16. The predicted molar refractivity (Wildman–Crippen MR) is 44.6 cm³/mol. The van der Waals surface area contributed by atoms with Crippen LogP contribution < -0.4 is 0 Å². The van der Waals surface area contributed by atoms with E-state index in [1.807, 2.05) is 12.1 Å². The Labute approximate surface area is 66.7 Å². The number of nitrogens with zero attached hydrogens (tertiary/aromatic N) is 2. The summed E-state index contributed by atoms with van der Waals surface area (Å²) in [5, 5.41) is 0. The highest BCUT2D eigenvalue weighted by atomic mass is 14.9. The van der Waals surface area contributed by atoms with Crippen molar-refractivity contribution < 1.29 is 0 Å². The average Bonchev–Trinajstić information content (AvgIpc) is 2.04. The molecule has 0 aliphatic carbocycles. The van der Waals surface area contributed by atoms with Crippen molar-refractivity contribution in [3.05, 3.63) is 35.3 Å². The Bertz CT molecular complexity index is 284. The predicted octanol–water partition coefficient (Wildman–Crippen LogP) is 2.76. The molecule has 1 heterocycles. The Morgan fingerprint density at radius 1 is 1.55 bits per heavy atom. The topological polar surface area (TPSA) is 17.2 Å². The summed E-state index contributed by atoms with van der Waals surface area (Å²) >= 11 is 0. The van der Waals surface area contributed by atoms with Gasteiger partial charge in [-0.25, -0.2) is 0 Å². The van der Waals surface area contributed by atoms with Gasteiger partial charge in [-0.05, 0) is 17.5 Å². The molecule has 0 radical (unpaired) electrons. The van der Waals surface area contributed by atoms with Crippen molar-refractivity contribution in [1.29, 1.82) is 0 Å². The summed E-state index contributed by atoms with van der Waals surface area (Å²) < 4.78 is 0. The van der Waals surface area contributed by atoms with E-state index in [2.05, 4.69) is 23.7 Å². The third-order valence-electron chi connectivity index (χ3n) is 1.54. The highest BCUT2D eigenvalue weighted by Crippen LogP contribution is 2.23. The van der Waals surface area contributed by atoms with Crippen molar-refractivity contribution in [3.63, 3.8) is 0 Å². The van der Waals surface area contributed by atoms with Crippen molar-refractivity contribution in [2.24, 2.45) is 0 Å². The smallest absolute Gasteiger partial charge is 0.272 e. The lowest BCUT2D eigenvalue weighted by molar-refractivity contribution is 0.864. The molecule has 2 nitrogen and oxygen atoms in total. The van der Waals surface area contributed by atoms with E-state index in [4.69, 9.17) is 6.57 Å². The largest absolute Gasteiger partial charge is 0.360 e. The standard InChI is InChI=1S/C9H10N2/c1-7(2)8-5-4-6-11-9(8)10-3/h4-7H,1-2H3. The van der Waals surface area contributed by atoms with Crippen LogP contribution in [-0.4, -0.2) is 4.98 Å². The Kier molecular flexibility index (Phi) is 2.22. The van der Waals surface area contributed by atoms with Gasteiger partial charge in [-0.15, -0.1) is 4.98 Å². The summed E-state index contributed by atoms with van der Waals surface area (Å²) in [5.74, 6) is 0.912. The zero-order chi connectivity index (χ0) is 8.27. The molecule has 1 rings (SSSR count). The molecule has 0 bridgehead atoms. The molecule has 0 saturated carbocycles. The van der Waals surface area contributed by atoms with Crippen molar-refractivity contribution >= 4 is 5.82 Å². The van der Waals surface area contributed by atoms with E-state index < -0.39 is 0 Å². The zero-order valence-corrected chi connectivity index (χ0v) is 6.70. The fraction of sp³-hybridized carbons (Fsp3) is 0.333. The molecule has 1 aromatic rings. The molecule has 1 aromatic heterocycles. The number of rotatable bonds is 1. The molecule has 56 valence electrons. The second-order valence-electron chi connectivity index (χ2n) is 2.68. The van der Waals surface area contributed by atoms with Gasteiger partial charge < -0.3 is 4.85 Å². The van der Waals surface area contributed by atoms with Crippen LogP contribution in [0.3, 0.4) is 0 Å². The molecule has 0 spiro atoms. The van der Waals surface area contributed by atoms with Crippen LogP contribution in [0.25, 0.3) is 4.85 Å². The lowest BCUT2D eigenvalue weighted by atomic mass is 10.1. The number of aromatic nitrogens is 1. The minimum atomic E-state index is 0.382. The van der Waals surface area contributed by atoms with Gasteiger partial charge in [0.1, 0.15) is 6.20 Å². The third kappa shape index (κ3) is 1.56. The molecule has 0 N–H and O–H groups in total. The van der Waals surface area contributed by atoms with Gasteiger partial charge in [-0.2, -0.15) is 0 Å². The Balaban J connectivity index is 3.15. The second-order valence-corrected chi connectivity index (χ2v) is 2.68. The zero-order valence-electron chi connectivity index (χ0n) is 6.70. The molecular formula is C9H10N2. The van der Waals surface area contributed by atoms with Crippen LogP contribution in [0, 0.1) is 6.57 Å². The fourth-order valence-electron chi connectivity index (χ4n) is 0.953. The summed E-state index contributed by atoms with van der Waals surface area (Å²) in [5.41, 5.74) is 1.03. The van der Waals surface area contributed by atoms with Gasteiger partial charge >= 0.3 is 0 Å². The first-order valence-corrected chi connectivity index (χ1v) is 3.58.